The van der Waals surface area contributed by atoms with Crippen LogP contribution in [0.4, 0.5) is 0 Å². The van der Waals surface area contributed by atoms with E-state index >= 15 is 0 Å². The number of methoxy groups -OCH3 is 1. The van der Waals surface area contributed by atoms with Gasteiger partial charge < -0.3 is 9.53 Å². The lowest BCUT2D eigenvalue weighted by molar-refractivity contribution is -0.116. The number of Topliss-reactive ketones (excluding diaryl/α,β-unsaturated/α-hetero) is 1. The molecule has 0 bridgehead atoms. The molecule has 2 aromatic rings. The van der Waals surface area contributed by atoms with Crippen LogP contribution in [0.25, 0.3) is 11.3 Å². The first-order chi connectivity index (χ1) is 9.20. The van der Waals surface area contributed by atoms with Crippen LogP contribution < -0.4 is 4.74 Å². The van der Waals surface area contributed by atoms with E-state index < -0.39 is 0 Å². The molecule has 98 valence electrons. The van der Waals surface area contributed by atoms with Crippen LogP contribution in [-0.2, 0) is 11.2 Å². The lowest BCUT2D eigenvalue weighted by atomic mass is 9.99. The van der Waals surface area contributed by atoms with Crippen LogP contribution in [-0.4, -0.2) is 17.9 Å². The van der Waals surface area contributed by atoms with E-state index in [1.54, 1.807) is 14.0 Å². The number of aromatic nitrogens is 1. The third kappa shape index (κ3) is 3.41. The fourth-order valence-electron chi connectivity index (χ4n) is 1.98. The van der Waals surface area contributed by atoms with E-state index in [1.165, 1.54) is 0 Å². The number of aryl methyl sites for hydroxylation is 1. The Morgan fingerprint density at radius 2 is 1.95 bits per heavy atom. The maximum Gasteiger partial charge on any atom is 0.213 e. The second-order valence-corrected chi connectivity index (χ2v) is 4.42. The molecule has 0 aliphatic heterocycles. The van der Waals surface area contributed by atoms with Gasteiger partial charge in [-0.3, -0.25) is 0 Å². The molecule has 0 fully saturated rings. The number of pyridine rings is 1. The van der Waals surface area contributed by atoms with Gasteiger partial charge in [-0.05, 0) is 25.0 Å². The fourth-order valence-corrected chi connectivity index (χ4v) is 1.98. The van der Waals surface area contributed by atoms with E-state index in [9.17, 15) is 4.79 Å². The van der Waals surface area contributed by atoms with Crippen LogP contribution in [0.1, 0.15) is 18.9 Å². The molecule has 0 aliphatic rings. The Morgan fingerprint density at radius 1 is 1.16 bits per heavy atom. The molecule has 1 heterocycles. The highest BCUT2D eigenvalue weighted by molar-refractivity contribution is 5.76. The van der Waals surface area contributed by atoms with Gasteiger partial charge in [-0.15, -0.1) is 0 Å². The predicted octanol–water partition coefficient (Wildman–Crippen LogP) is 3.28. The molecule has 0 aliphatic carbocycles. The van der Waals surface area contributed by atoms with Crippen molar-refractivity contribution in [3.05, 3.63) is 48.0 Å². The number of hydrogen-bond donors (Lipinski definition) is 0. The SMILES string of the molecule is COc1cccc(-c2ccccc2CCC(C)=O)n1. The van der Waals surface area contributed by atoms with Gasteiger partial charge in [-0.2, -0.15) is 0 Å². The van der Waals surface area contributed by atoms with Crippen molar-refractivity contribution in [3.8, 4) is 17.1 Å². The largest absolute Gasteiger partial charge is 0.481 e. The van der Waals surface area contributed by atoms with Crippen molar-refractivity contribution in [2.24, 2.45) is 0 Å². The summed E-state index contributed by atoms with van der Waals surface area (Å²) in [5.41, 5.74) is 3.07. The lowest BCUT2D eigenvalue weighted by Crippen LogP contribution is -1.97. The van der Waals surface area contributed by atoms with Crippen molar-refractivity contribution in [3.63, 3.8) is 0 Å². The minimum atomic E-state index is 0.202. The van der Waals surface area contributed by atoms with E-state index in [4.69, 9.17) is 4.74 Å². The standard InChI is InChI=1S/C16H17NO2/c1-12(18)10-11-13-6-3-4-7-14(13)15-8-5-9-16(17-15)19-2/h3-9H,10-11H2,1-2H3. The van der Waals surface area contributed by atoms with Gasteiger partial charge in [-0.1, -0.05) is 30.3 Å². The van der Waals surface area contributed by atoms with Crippen LogP contribution >= 0.6 is 0 Å². The number of benzene rings is 1. The Morgan fingerprint density at radius 3 is 2.68 bits per heavy atom. The van der Waals surface area contributed by atoms with Gasteiger partial charge in [0.1, 0.15) is 5.78 Å². The Balaban J connectivity index is 2.35. The minimum absolute atomic E-state index is 0.202. The molecule has 3 nitrogen and oxygen atoms in total. The van der Waals surface area contributed by atoms with Gasteiger partial charge in [0.05, 0.1) is 12.8 Å². The maximum absolute atomic E-state index is 11.1. The summed E-state index contributed by atoms with van der Waals surface area (Å²) < 4.78 is 5.15. The summed E-state index contributed by atoms with van der Waals surface area (Å²) in [6, 6.07) is 13.7. The number of carbonyl (C=O) groups is 1. The average molecular weight is 255 g/mol. The molecule has 0 atom stereocenters. The molecule has 0 saturated heterocycles. The van der Waals surface area contributed by atoms with Gasteiger partial charge in [0.2, 0.25) is 5.88 Å². The molecular formula is C16H17NO2. The topological polar surface area (TPSA) is 39.2 Å². The van der Waals surface area contributed by atoms with Crippen molar-refractivity contribution in [2.45, 2.75) is 19.8 Å². The molecule has 0 spiro atoms. The van der Waals surface area contributed by atoms with Crippen LogP contribution in [0.15, 0.2) is 42.5 Å². The van der Waals surface area contributed by atoms with Crippen molar-refractivity contribution < 1.29 is 9.53 Å². The molecule has 0 unspecified atom stereocenters. The monoisotopic (exact) mass is 255 g/mol. The summed E-state index contributed by atoms with van der Waals surface area (Å²) in [7, 11) is 1.60. The molecule has 0 N–H and O–H groups in total. The molecule has 0 saturated carbocycles. The normalized spacial score (nSPS) is 10.2. The molecule has 1 aromatic heterocycles. The highest BCUT2D eigenvalue weighted by Crippen LogP contribution is 2.24. The van der Waals surface area contributed by atoms with Crippen LogP contribution in [0, 0.1) is 0 Å². The summed E-state index contributed by atoms with van der Waals surface area (Å²) in [5.74, 6) is 0.798. The zero-order chi connectivity index (χ0) is 13.7. The first-order valence-electron chi connectivity index (χ1n) is 6.29. The predicted molar refractivity (Wildman–Crippen MR) is 75.2 cm³/mol. The Labute approximate surface area is 113 Å². The molecular weight excluding hydrogens is 238 g/mol. The van der Waals surface area contributed by atoms with E-state index in [-0.39, 0.29) is 5.78 Å². The van der Waals surface area contributed by atoms with Crippen molar-refractivity contribution in [1.82, 2.24) is 4.98 Å². The molecule has 3 heteroatoms. The quantitative estimate of drug-likeness (QED) is 0.823. The summed E-state index contributed by atoms with van der Waals surface area (Å²) >= 11 is 0. The summed E-state index contributed by atoms with van der Waals surface area (Å²) in [6.07, 6.45) is 1.30. The zero-order valence-corrected chi connectivity index (χ0v) is 11.2. The maximum atomic E-state index is 11.1. The number of nitrogens with zero attached hydrogens (tertiary/aromatic N) is 1. The van der Waals surface area contributed by atoms with Gasteiger partial charge >= 0.3 is 0 Å². The number of ether oxygens (including phenoxy) is 1. The van der Waals surface area contributed by atoms with Crippen LogP contribution in [0.3, 0.4) is 0 Å². The zero-order valence-electron chi connectivity index (χ0n) is 11.2. The molecule has 2 rings (SSSR count). The van der Waals surface area contributed by atoms with Gasteiger partial charge in [-0.25, -0.2) is 4.98 Å². The Kier molecular flexibility index (Phi) is 4.29. The van der Waals surface area contributed by atoms with Crippen molar-refractivity contribution in [1.29, 1.82) is 0 Å². The van der Waals surface area contributed by atoms with Crippen LogP contribution in [0.5, 0.6) is 5.88 Å². The van der Waals surface area contributed by atoms with Crippen LogP contribution in [0.2, 0.25) is 0 Å². The number of hydrogen-bond acceptors (Lipinski definition) is 3. The highest BCUT2D eigenvalue weighted by Gasteiger charge is 2.07. The summed E-state index contributed by atoms with van der Waals surface area (Å²) in [4.78, 5) is 15.6. The summed E-state index contributed by atoms with van der Waals surface area (Å²) in [6.45, 7) is 1.62. The lowest BCUT2D eigenvalue weighted by Gasteiger charge is -2.09. The first kappa shape index (κ1) is 13.3. The smallest absolute Gasteiger partial charge is 0.213 e. The molecule has 1 aromatic carbocycles. The third-order valence-electron chi connectivity index (χ3n) is 2.97. The third-order valence-corrected chi connectivity index (χ3v) is 2.97. The average Bonchev–Trinajstić information content (AvgIpc) is 2.45. The minimum Gasteiger partial charge on any atom is -0.481 e. The van der Waals surface area contributed by atoms with E-state index in [0.717, 1.165) is 23.2 Å². The Hall–Kier alpha value is -2.16. The number of rotatable bonds is 5. The summed E-state index contributed by atoms with van der Waals surface area (Å²) in [5, 5.41) is 0. The second-order valence-electron chi connectivity index (χ2n) is 4.42. The molecule has 19 heavy (non-hydrogen) atoms. The fraction of sp³-hybridized carbons (Fsp3) is 0.250. The molecule has 0 radical (unpaired) electrons. The van der Waals surface area contributed by atoms with Gasteiger partial charge in [0.25, 0.3) is 0 Å². The van der Waals surface area contributed by atoms with Gasteiger partial charge in [0, 0.05) is 18.1 Å². The number of carbonyl (C=O) groups excluding carboxylic acids is 1. The highest BCUT2D eigenvalue weighted by atomic mass is 16.5. The van der Waals surface area contributed by atoms with Crippen molar-refractivity contribution in [2.75, 3.05) is 7.11 Å². The number of ketones is 1. The van der Waals surface area contributed by atoms with E-state index in [0.29, 0.717) is 12.3 Å². The first-order valence-corrected chi connectivity index (χ1v) is 6.29. The Bertz CT molecular complexity index is 578. The second kappa shape index (κ2) is 6.14. The van der Waals surface area contributed by atoms with E-state index in [1.807, 2.05) is 42.5 Å². The van der Waals surface area contributed by atoms with E-state index in [2.05, 4.69) is 4.98 Å². The molecule has 0 amide bonds. The van der Waals surface area contributed by atoms with Crippen molar-refractivity contribution >= 4 is 5.78 Å². The van der Waals surface area contributed by atoms with Gasteiger partial charge in [0.15, 0.2) is 0 Å².